The third kappa shape index (κ3) is 3.06. The summed E-state index contributed by atoms with van der Waals surface area (Å²) >= 11 is 0. The number of rotatable bonds is 4. The van der Waals surface area contributed by atoms with E-state index in [1.807, 2.05) is 54.6 Å². The van der Waals surface area contributed by atoms with Crippen molar-refractivity contribution >= 4 is 11.6 Å². The summed E-state index contributed by atoms with van der Waals surface area (Å²) in [5.41, 5.74) is 2.58. The van der Waals surface area contributed by atoms with Crippen LogP contribution in [0.5, 0.6) is 5.75 Å². The molecule has 1 aromatic heterocycles. The Bertz CT molecular complexity index is 971. The Morgan fingerprint density at radius 1 is 1.04 bits per heavy atom. The van der Waals surface area contributed by atoms with E-state index >= 15 is 0 Å². The van der Waals surface area contributed by atoms with Crippen molar-refractivity contribution in [2.75, 3.05) is 12.4 Å². The van der Waals surface area contributed by atoms with Crippen LogP contribution in [0.15, 0.2) is 67.0 Å². The van der Waals surface area contributed by atoms with E-state index in [0.717, 1.165) is 28.1 Å². The van der Waals surface area contributed by atoms with Gasteiger partial charge < -0.3 is 15.2 Å². The number of nitrogens with zero attached hydrogens (tertiary/aromatic N) is 1. The van der Waals surface area contributed by atoms with E-state index in [-0.39, 0.29) is 5.91 Å². The highest BCUT2D eigenvalue weighted by molar-refractivity contribution is 5.94. The lowest BCUT2D eigenvalue weighted by molar-refractivity contribution is -0.116. The first-order chi connectivity index (χ1) is 13.1. The number of aryl methyl sites for hydroxylation is 1. The molecule has 1 unspecified atom stereocenters. The van der Waals surface area contributed by atoms with Gasteiger partial charge in [0.15, 0.2) is 0 Å². The van der Waals surface area contributed by atoms with Gasteiger partial charge in [0.25, 0.3) is 0 Å². The number of carbonyl (C=O) groups is 1. The van der Waals surface area contributed by atoms with Crippen molar-refractivity contribution in [1.82, 2.24) is 4.98 Å². The van der Waals surface area contributed by atoms with Crippen molar-refractivity contribution in [3.8, 4) is 5.75 Å². The number of hydrogen-bond donors (Lipinski definition) is 2. The van der Waals surface area contributed by atoms with Crippen LogP contribution in [0, 0.1) is 0 Å². The summed E-state index contributed by atoms with van der Waals surface area (Å²) in [5.74, 6) is 0.744. The number of pyridine rings is 1. The van der Waals surface area contributed by atoms with Crippen LogP contribution in [-0.2, 0) is 16.8 Å². The lowest BCUT2D eigenvalue weighted by Gasteiger charge is -2.31. The predicted molar refractivity (Wildman–Crippen MR) is 103 cm³/mol. The van der Waals surface area contributed by atoms with Gasteiger partial charge in [-0.3, -0.25) is 9.78 Å². The predicted octanol–water partition coefficient (Wildman–Crippen LogP) is 3.26. The molecule has 0 fully saturated rings. The van der Waals surface area contributed by atoms with E-state index in [0.29, 0.717) is 18.4 Å². The van der Waals surface area contributed by atoms with Crippen LogP contribution in [0.25, 0.3) is 0 Å². The zero-order valence-corrected chi connectivity index (χ0v) is 15.0. The molecule has 0 spiro atoms. The monoisotopic (exact) mass is 360 g/mol. The summed E-state index contributed by atoms with van der Waals surface area (Å²) in [6.45, 7) is 0. The van der Waals surface area contributed by atoms with E-state index in [9.17, 15) is 9.90 Å². The van der Waals surface area contributed by atoms with Gasteiger partial charge in [-0.05, 0) is 47.4 Å². The third-order valence-corrected chi connectivity index (χ3v) is 5.01. The Balaban J connectivity index is 1.87. The molecule has 1 amide bonds. The second kappa shape index (κ2) is 6.85. The summed E-state index contributed by atoms with van der Waals surface area (Å²) in [6.07, 6.45) is 4.46. The van der Waals surface area contributed by atoms with Gasteiger partial charge in [0.05, 0.1) is 7.11 Å². The van der Waals surface area contributed by atoms with Gasteiger partial charge >= 0.3 is 0 Å². The van der Waals surface area contributed by atoms with Crippen LogP contribution in [0.2, 0.25) is 0 Å². The number of ether oxygens (including phenoxy) is 1. The topological polar surface area (TPSA) is 71.5 Å². The highest BCUT2D eigenvalue weighted by atomic mass is 16.5. The zero-order valence-electron chi connectivity index (χ0n) is 15.0. The van der Waals surface area contributed by atoms with E-state index < -0.39 is 5.60 Å². The molecule has 136 valence electrons. The number of hydrogen-bond acceptors (Lipinski definition) is 4. The van der Waals surface area contributed by atoms with E-state index in [4.69, 9.17) is 4.74 Å². The van der Waals surface area contributed by atoms with Crippen molar-refractivity contribution in [1.29, 1.82) is 0 Å². The molecule has 5 heteroatoms. The lowest BCUT2D eigenvalue weighted by atomic mass is 9.80. The molecule has 3 aromatic rings. The van der Waals surface area contributed by atoms with Gasteiger partial charge in [-0.25, -0.2) is 0 Å². The number of methoxy groups -OCH3 is 1. The molecule has 0 saturated heterocycles. The molecule has 0 bridgehead atoms. The van der Waals surface area contributed by atoms with Gasteiger partial charge in [-0.1, -0.05) is 30.3 Å². The van der Waals surface area contributed by atoms with E-state index in [2.05, 4.69) is 10.3 Å². The summed E-state index contributed by atoms with van der Waals surface area (Å²) in [4.78, 5) is 15.8. The normalized spacial score (nSPS) is 15.4. The molecule has 2 heterocycles. The molecular formula is C22H20N2O3. The average molecular weight is 360 g/mol. The van der Waals surface area contributed by atoms with Crippen LogP contribution < -0.4 is 10.1 Å². The maximum atomic E-state index is 11.9. The maximum Gasteiger partial charge on any atom is 0.224 e. The van der Waals surface area contributed by atoms with E-state index in [1.165, 1.54) is 0 Å². The number of aliphatic hydroxyl groups is 1. The van der Waals surface area contributed by atoms with Crippen molar-refractivity contribution in [3.63, 3.8) is 0 Å². The number of carbonyl (C=O) groups excluding carboxylic acids is 1. The van der Waals surface area contributed by atoms with Crippen LogP contribution >= 0.6 is 0 Å². The second-order valence-corrected chi connectivity index (χ2v) is 6.60. The molecule has 0 saturated carbocycles. The molecule has 27 heavy (non-hydrogen) atoms. The van der Waals surface area contributed by atoms with Crippen molar-refractivity contribution in [2.24, 2.45) is 0 Å². The average Bonchev–Trinajstić information content (AvgIpc) is 2.73. The van der Waals surface area contributed by atoms with E-state index in [1.54, 1.807) is 19.5 Å². The van der Waals surface area contributed by atoms with Crippen LogP contribution in [0.3, 0.4) is 0 Å². The molecule has 1 atom stereocenters. The first-order valence-electron chi connectivity index (χ1n) is 8.82. The summed E-state index contributed by atoms with van der Waals surface area (Å²) in [6, 6.07) is 16.7. The number of anilines is 1. The molecule has 2 N–H and O–H groups in total. The summed E-state index contributed by atoms with van der Waals surface area (Å²) in [7, 11) is 1.61. The molecule has 0 aliphatic carbocycles. The van der Waals surface area contributed by atoms with Crippen LogP contribution in [-0.4, -0.2) is 23.1 Å². The number of amides is 1. The minimum atomic E-state index is -1.36. The van der Waals surface area contributed by atoms with Gasteiger partial charge in [0.1, 0.15) is 11.4 Å². The Labute approximate surface area is 157 Å². The number of benzene rings is 2. The Morgan fingerprint density at radius 2 is 1.81 bits per heavy atom. The number of fused-ring (bicyclic) bond motifs is 1. The van der Waals surface area contributed by atoms with Crippen LogP contribution in [0.1, 0.15) is 28.7 Å². The van der Waals surface area contributed by atoms with Crippen molar-refractivity contribution in [3.05, 3.63) is 89.2 Å². The molecule has 5 nitrogen and oxygen atoms in total. The zero-order chi connectivity index (χ0) is 18.9. The Morgan fingerprint density at radius 3 is 2.52 bits per heavy atom. The van der Waals surface area contributed by atoms with Gasteiger partial charge in [0, 0.05) is 30.1 Å². The fourth-order valence-electron chi connectivity index (χ4n) is 3.52. The fraction of sp³-hybridized carbons (Fsp3) is 0.182. The van der Waals surface area contributed by atoms with Crippen LogP contribution in [0.4, 0.5) is 5.69 Å². The summed E-state index contributed by atoms with van der Waals surface area (Å²) in [5, 5.41) is 14.8. The first kappa shape index (κ1) is 17.2. The molecule has 2 aromatic carbocycles. The molecule has 1 aliphatic rings. The summed E-state index contributed by atoms with van der Waals surface area (Å²) < 4.78 is 5.24. The quantitative estimate of drug-likeness (QED) is 0.749. The molecule has 0 radical (unpaired) electrons. The van der Waals surface area contributed by atoms with Gasteiger partial charge in [-0.15, -0.1) is 0 Å². The number of nitrogens with one attached hydrogen (secondary N) is 1. The lowest BCUT2D eigenvalue weighted by Crippen LogP contribution is -2.30. The van der Waals surface area contributed by atoms with Gasteiger partial charge in [-0.2, -0.15) is 0 Å². The highest BCUT2D eigenvalue weighted by Crippen LogP contribution is 2.39. The standard InChI is InChI=1S/C22H20N2O3/c1-27-19-8-5-16(6-9-19)22(26,18-3-2-12-23-14-18)17-7-10-20-15(13-17)4-11-21(25)24-20/h2-3,5-10,12-14,26H,4,11H2,1H3,(H,24,25). The highest BCUT2D eigenvalue weighted by Gasteiger charge is 2.35. The van der Waals surface area contributed by atoms with Gasteiger partial charge in [0.2, 0.25) is 5.91 Å². The SMILES string of the molecule is COc1ccc(C(O)(c2cccnc2)c2ccc3c(c2)CCC(=O)N3)cc1. The number of aromatic nitrogens is 1. The molecular weight excluding hydrogens is 340 g/mol. The second-order valence-electron chi connectivity index (χ2n) is 6.60. The fourth-order valence-corrected chi connectivity index (χ4v) is 3.52. The van der Waals surface area contributed by atoms with Crippen molar-refractivity contribution < 1.29 is 14.6 Å². The smallest absolute Gasteiger partial charge is 0.224 e. The largest absolute Gasteiger partial charge is 0.497 e. The minimum Gasteiger partial charge on any atom is -0.497 e. The Kier molecular flexibility index (Phi) is 4.38. The third-order valence-electron chi connectivity index (χ3n) is 5.01. The first-order valence-corrected chi connectivity index (χ1v) is 8.82. The van der Waals surface area contributed by atoms with Crippen molar-refractivity contribution in [2.45, 2.75) is 18.4 Å². The Hall–Kier alpha value is -3.18. The maximum absolute atomic E-state index is 11.9. The minimum absolute atomic E-state index is 0.0212. The molecule has 4 rings (SSSR count). The molecule has 1 aliphatic heterocycles.